The standard InChI is InChI=1S/C61H55N3O2Si/c1-34-12-20-40(21-13-34)62(41-22-14-35(2)15-23-41)48-32-46-53-58-55(48)65-50-30-39(6)31-51-57(50)67(58,11)59-54-47(61(9,10)45-29-38(5)28-44(60(46,7)8)52(45)64(53)54)33-49(56(59)66-51)63(42-24-16-36(3)17-25-42)43-26-18-37(4)19-27-43/h12-33H,1-11H3. The molecule has 0 aromatic heterocycles. The maximum atomic E-state index is 7.65. The predicted molar refractivity (Wildman–Crippen MR) is 280 cm³/mol. The Morgan fingerprint density at radius 1 is 0.388 bits per heavy atom. The van der Waals surface area contributed by atoms with E-state index in [4.69, 9.17) is 9.47 Å². The summed E-state index contributed by atoms with van der Waals surface area (Å²) < 4.78 is 15.3. The highest BCUT2D eigenvalue weighted by Gasteiger charge is 2.62. The van der Waals surface area contributed by atoms with Crippen LogP contribution in [0.1, 0.15) is 83.3 Å². The Hall–Kier alpha value is -7.02. The predicted octanol–water partition coefficient (Wildman–Crippen LogP) is 14.8. The Kier molecular flexibility index (Phi) is 8.01. The molecule has 8 aromatic rings. The fourth-order valence-electron chi connectivity index (χ4n) is 12.4. The molecule has 67 heavy (non-hydrogen) atoms. The van der Waals surface area contributed by atoms with E-state index in [9.17, 15) is 0 Å². The van der Waals surface area contributed by atoms with E-state index in [1.165, 1.54) is 82.7 Å². The van der Waals surface area contributed by atoms with Gasteiger partial charge in [-0.1, -0.05) is 123 Å². The van der Waals surface area contributed by atoms with Gasteiger partial charge in [-0.15, -0.1) is 0 Å². The summed E-state index contributed by atoms with van der Waals surface area (Å²) in [5, 5.41) is 3.87. The van der Waals surface area contributed by atoms with Gasteiger partial charge in [0.2, 0.25) is 0 Å². The molecule has 5 nitrogen and oxygen atoms in total. The van der Waals surface area contributed by atoms with Gasteiger partial charge in [-0.3, -0.25) is 0 Å². The lowest BCUT2D eigenvalue weighted by molar-refractivity contribution is 0.462. The SMILES string of the molecule is Cc1ccc(N(c2ccc(C)cc2)c2cc3c4c5c2Oc2cc(C)cc6c2[Si]5(C)c2c(c(N(c5ccc(C)cc5)c5ccc(C)cc5)cc5c2N4c2c(cc(C)cc2C5(C)C)C3(C)C)O6)cc1. The summed E-state index contributed by atoms with van der Waals surface area (Å²) in [6.45, 7) is 25.5. The molecule has 0 radical (unpaired) electrons. The van der Waals surface area contributed by atoms with E-state index in [1.807, 2.05) is 0 Å². The molecule has 0 aliphatic carbocycles. The number of anilines is 9. The van der Waals surface area contributed by atoms with Crippen LogP contribution in [0.25, 0.3) is 0 Å². The number of benzene rings is 8. The number of rotatable bonds is 6. The summed E-state index contributed by atoms with van der Waals surface area (Å²) in [5.41, 5.74) is 22.3. The zero-order chi connectivity index (χ0) is 46.2. The summed E-state index contributed by atoms with van der Waals surface area (Å²) in [6, 6.07) is 50.4. The van der Waals surface area contributed by atoms with Crippen LogP contribution in [-0.4, -0.2) is 8.07 Å². The third-order valence-electron chi connectivity index (χ3n) is 15.9. The highest BCUT2D eigenvalue weighted by Crippen LogP contribution is 2.66. The molecule has 0 amide bonds. The van der Waals surface area contributed by atoms with Gasteiger partial charge in [0.15, 0.2) is 19.6 Å². The summed E-state index contributed by atoms with van der Waals surface area (Å²) in [4.78, 5) is 7.59. The summed E-state index contributed by atoms with van der Waals surface area (Å²) >= 11 is 0. The van der Waals surface area contributed by atoms with Crippen LogP contribution < -0.4 is 39.7 Å². The van der Waals surface area contributed by atoms with Crippen LogP contribution in [0, 0.1) is 41.5 Å². The molecule has 5 aliphatic heterocycles. The van der Waals surface area contributed by atoms with Crippen LogP contribution in [-0.2, 0) is 10.8 Å². The van der Waals surface area contributed by atoms with E-state index in [-0.39, 0.29) is 10.8 Å². The van der Waals surface area contributed by atoms with Gasteiger partial charge in [0.1, 0.15) is 11.5 Å². The van der Waals surface area contributed by atoms with Crippen molar-refractivity contribution in [3.05, 3.63) is 189 Å². The average Bonchev–Trinajstić information content (AvgIpc) is 3.28. The lowest BCUT2D eigenvalue weighted by Gasteiger charge is -2.58. The normalized spacial score (nSPS) is 16.0. The summed E-state index contributed by atoms with van der Waals surface area (Å²) in [6.07, 6.45) is 0. The first-order valence-corrected chi connectivity index (χ1v) is 26.3. The largest absolute Gasteiger partial charge is 0.455 e. The van der Waals surface area contributed by atoms with Crippen molar-refractivity contribution < 1.29 is 9.47 Å². The quantitative estimate of drug-likeness (QED) is 0.155. The van der Waals surface area contributed by atoms with E-state index in [1.54, 1.807) is 0 Å². The molecular formula is C61H55N3O2Si. The minimum Gasteiger partial charge on any atom is -0.455 e. The van der Waals surface area contributed by atoms with E-state index in [2.05, 4.69) is 224 Å². The van der Waals surface area contributed by atoms with Crippen molar-refractivity contribution in [2.45, 2.75) is 86.6 Å². The van der Waals surface area contributed by atoms with Crippen LogP contribution in [0.5, 0.6) is 23.0 Å². The fourth-order valence-corrected chi connectivity index (χ4v) is 17.1. The molecule has 8 aromatic carbocycles. The van der Waals surface area contributed by atoms with Gasteiger partial charge in [0.05, 0.1) is 28.4 Å². The van der Waals surface area contributed by atoms with Crippen LogP contribution in [0.2, 0.25) is 6.55 Å². The Labute approximate surface area is 395 Å². The van der Waals surface area contributed by atoms with Crippen molar-refractivity contribution in [2.24, 2.45) is 0 Å². The highest BCUT2D eigenvalue weighted by molar-refractivity contribution is 7.15. The van der Waals surface area contributed by atoms with E-state index < -0.39 is 8.07 Å². The molecule has 0 bridgehead atoms. The number of nitrogens with zero attached hydrogens (tertiary/aromatic N) is 3. The summed E-state index contributed by atoms with van der Waals surface area (Å²) in [5.74, 6) is 3.69. The molecule has 0 saturated heterocycles. The first-order valence-electron chi connectivity index (χ1n) is 23.8. The number of aryl methyl sites for hydroxylation is 6. The van der Waals surface area contributed by atoms with E-state index in [0.29, 0.717) is 0 Å². The van der Waals surface area contributed by atoms with Gasteiger partial charge < -0.3 is 24.2 Å². The molecule has 5 heterocycles. The Bertz CT molecular complexity index is 3170. The third kappa shape index (κ3) is 5.25. The van der Waals surface area contributed by atoms with E-state index in [0.717, 1.165) is 62.7 Å². The van der Waals surface area contributed by atoms with Crippen LogP contribution >= 0.6 is 0 Å². The lowest BCUT2D eigenvalue weighted by Crippen LogP contribution is -2.73. The molecule has 330 valence electrons. The molecular weight excluding hydrogens is 835 g/mol. The van der Waals surface area contributed by atoms with Gasteiger partial charge >= 0.3 is 0 Å². The minimum absolute atomic E-state index is 0.355. The number of hydrogen-bond acceptors (Lipinski definition) is 5. The smallest absolute Gasteiger partial charge is 0.170 e. The Balaban J connectivity index is 1.23. The third-order valence-corrected chi connectivity index (χ3v) is 20.3. The average molecular weight is 890 g/mol. The van der Waals surface area contributed by atoms with Gasteiger partial charge in [-0.05, 0) is 142 Å². The fraction of sp³-hybridized carbons (Fsp3) is 0.213. The highest BCUT2D eigenvalue weighted by atomic mass is 28.3. The molecule has 0 N–H and O–H groups in total. The van der Waals surface area contributed by atoms with Gasteiger partial charge in [0, 0.05) is 49.1 Å². The van der Waals surface area contributed by atoms with E-state index >= 15 is 0 Å². The zero-order valence-electron chi connectivity index (χ0n) is 40.4. The van der Waals surface area contributed by atoms with Crippen molar-refractivity contribution in [3.8, 4) is 23.0 Å². The Morgan fingerprint density at radius 2 is 0.701 bits per heavy atom. The molecule has 6 heteroatoms. The monoisotopic (exact) mass is 889 g/mol. The van der Waals surface area contributed by atoms with Gasteiger partial charge in [-0.2, -0.15) is 0 Å². The van der Waals surface area contributed by atoms with Crippen molar-refractivity contribution >= 4 is 74.8 Å². The molecule has 13 rings (SSSR count). The van der Waals surface area contributed by atoms with Gasteiger partial charge in [-0.25, -0.2) is 0 Å². The molecule has 0 spiro atoms. The van der Waals surface area contributed by atoms with Crippen molar-refractivity contribution in [1.82, 2.24) is 0 Å². The van der Waals surface area contributed by atoms with Gasteiger partial charge in [0.25, 0.3) is 0 Å². The zero-order valence-corrected chi connectivity index (χ0v) is 41.4. The molecule has 0 saturated carbocycles. The lowest BCUT2D eigenvalue weighted by atomic mass is 9.65. The first-order chi connectivity index (χ1) is 32.0. The number of hydrogen-bond donors (Lipinski definition) is 0. The maximum absolute atomic E-state index is 7.65. The molecule has 0 atom stereocenters. The first kappa shape index (κ1) is 40.3. The minimum atomic E-state index is -3.08. The molecule has 0 fully saturated rings. The second-order valence-electron chi connectivity index (χ2n) is 21.3. The molecule has 0 unspecified atom stereocenters. The van der Waals surface area contributed by atoms with Crippen molar-refractivity contribution in [2.75, 3.05) is 14.7 Å². The van der Waals surface area contributed by atoms with Crippen molar-refractivity contribution in [3.63, 3.8) is 0 Å². The molecule has 5 aliphatic rings. The van der Waals surface area contributed by atoms with Crippen LogP contribution in [0.4, 0.5) is 51.2 Å². The second kappa shape index (κ2) is 13.3. The van der Waals surface area contributed by atoms with Crippen LogP contribution in [0.3, 0.4) is 0 Å². The van der Waals surface area contributed by atoms with Crippen LogP contribution in [0.15, 0.2) is 133 Å². The maximum Gasteiger partial charge on any atom is 0.170 e. The number of ether oxygens (including phenoxy) is 2. The Morgan fingerprint density at radius 3 is 1.04 bits per heavy atom. The second-order valence-corrected chi connectivity index (χ2v) is 25.0. The van der Waals surface area contributed by atoms with Crippen molar-refractivity contribution in [1.29, 1.82) is 0 Å². The summed E-state index contributed by atoms with van der Waals surface area (Å²) in [7, 11) is -3.08. The topological polar surface area (TPSA) is 28.2 Å².